The maximum Gasteiger partial charge on any atom is 0.234 e. The van der Waals surface area contributed by atoms with E-state index in [4.69, 9.17) is 0 Å². The van der Waals surface area contributed by atoms with Gasteiger partial charge >= 0.3 is 0 Å². The monoisotopic (exact) mass is 205 g/mol. The average Bonchev–Trinajstić information content (AvgIpc) is 2.63. The highest BCUT2D eigenvalue weighted by Gasteiger charge is 1.97. The van der Waals surface area contributed by atoms with Gasteiger partial charge in [0.1, 0.15) is 0 Å². The van der Waals surface area contributed by atoms with Gasteiger partial charge in [0.15, 0.2) is 0 Å². The van der Waals surface area contributed by atoms with Crippen molar-refractivity contribution in [1.29, 1.82) is 0 Å². The molecule has 2 rings (SSSR count). The minimum absolute atomic E-state index is 0.734. The van der Waals surface area contributed by atoms with Gasteiger partial charge in [-0.1, -0.05) is 6.08 Å². The van der Waals surface area contributed by atoms with Crippen LogP contribution in [0.15, 0.2) is 30.7 Å². The Balaban J connectivity index is 2.34. The highest BCUT2D eigenvalue weighted by Crippen LogP contribution is 2.05. The van der Waals surface area contributed by atoms with Gasteiger partial charge in [0, 0.05) is 12.4 Å². The van der Waals surface area contributed by atoms with Crippen molar-refractivity contribution in [3.63, 3.8) is 0 Å². The quantitative estimate of drug-likeness (QED) is 0.777. The highest BCUT2D eigenvalue weighted by atomic mass is 32.1. The van der Waals surface area contributed by atoms with Gasteiger partial charge in [-0.15, -0.1) is 0 Å². The van der Waals surface area contributed by atoms with Crippen molar-refractivity contribution in [1.82, 2.24) is 14.4 Å². The summed E-state index contributed by atoms with van der Waals surface area (Å²) in [5, 5.41) is 0. The summed E-state index contributed by atoms with van der Waals surface area (Å²) in [6.45, 7) is 0. The summed E-state index contributed by atoms with van der Waals surface area (Å²) in [5.74, 6) is 1.60. The molecule has 0 unspecified atom stereocenters. The number of fused-ring (bicyclic) bond motifs is 1. The van der Waals surface area contributed by atoms with E-state index < -0.39 is 0 Å². The first-order valence-electron chi connectivity index (χ1n) is 4.47. The number of allylic oxidation sites excluding steroid dienone is 1. The fourth-order valence-electron chi connectivity index (χ4n) is 1.25. The zero-order valence-electron chi connectivity index (χ0n) is 7.67. The molecule has 2 heterocycles. The number of nitrogens with zero attached hydrogens (tertiary/aromatic N) is 3. The number of rotatable bonds is 3. The second kappa shape index (κ2) is 4.28. The molecule has 0 fully saturated rings. The number of imidazole rings is 1. The smallest absolute Gasteiger partial charge is 0.234 e. The Labute approximate surface area is 87.9 Å². The van der Waals surface area contributed by atoms with Crippen molar-refractivity contribution in [3.8, 4) is 0 Å². The van der Waals surface area contributed by atoms with Crippen LogP contribution in [0.2, 0.25) is 0 Å². The average molecular weight is 205 g/mol. The first-order chi connectivity index (χ1) is 6.92. The summed E-state index contributed by atoms with van der Waals surface area (Å²) >= 11 is 4.14. The van der Waals surface area contributed by atoms with Crippen LogP contribution in [0.1, 0.15) is 12.1 Å². The minimum atomic E-state index is 0.734. The summed E-state index contributed by atoms with van der Waals surface area (Å²) in [6, 6.07) is 1.89. The molecule has 0 bridgehead atoms. The van der Waals surface area contributed by atoms with Crippen molar-refractivity contribution in [2.45, 2.75) is 6.42 Å². The molecule has 0 aliphatic carbocycles. The normalized spacial score (nSPS) is 11.5. The lowest BCUT2D eigenvalue weighted by atomic mass is 10.3. The standard InChI is InChI=1S/C10H11N3S/c14-7-2-1-4-9-8-12-10-11-5-3-6-13(9)10/h1,3-6,8,14H,2,7H2. The third-order valence-electron chi connectivity index (χ3n) is 1.90. The lowest BCUT2D eigenvalue weighted by molar-refractivity contribution is 1.10. The third kappa shape index (κ3) is 1.80. The molecule has 0 N–H and O–H groups in total. The summed E-state index contributed by atoms with van der Waals surface area (Å²) in [5.41, 5.74) is 1.05. The Hall–Kier alpha value is -1.29. The Morgan fingerprint density at radius 2 is 2.36 bits per heavy atom. The van der Waals surface area contributed by atoms with Gasteiger partial charge < -0.3 is 0 Å². The number of aromatic nitrogens is 3. The summed E-state index contributed by atoms with van der Waals surface area (Å²) < 4.78 is 1.95. The van der Waals surface area contributed by atoms with E-state index >= 15 is 0 Å². The first-order valence-corrected chi connectivity index (χ1v) is 5.10. The van der Waals surface area contributed by atoms with E-state index in [1.54, 1.807) is 6.20 Å². The van der Waals surface area contributed by atoms with E-state index in [1.807, 2.05) is 28.9 Å². The van der Waals surface area contributed by atoms with E-state index in [0.717, 1.165) is 23.6 Å². The minimum Gasteiger partial charge on any atom is -0.284 e. The maximum absolute atomic E-state index is 4.18. The topological polar surface area (TPSA) is 30.2 Å². The highest BCUT2D eigenvalue weighted by molar-refractivity contribution is 7.80. The third-order valence-corrected chi connectivity index (χ3v) is 2.16. The molecule has 2 aromatic rings. The van der Waals surface area contributed by atoms with Crippen LogP contribution in [0.25, 0.3) is 11.9 Å². The van der Waals surface area contributed by atoms with Crippen molar-refractivity contribution < 1.29 is 0 Å². The zero-order valence-corrected chi connectivity index (χ0v) is 8.56. The molecule has 0 saturated heterocycles. The summed E-state index contributed by atoms with van der Waals surface area (Å²) in [6.07, 6.45) is 10.6. The molecule has 0 radical (unpaired) electrons. The molecule has 0 atom stereocenters. The first kappa shape index (κ1) is 9.27. The van der Waals surface area contributed by atoms with Gasteiger partial charge in [0.05, 0.1) is 11.9 Å². The van der Waals surface area contributed by atoms with Gasteiger partial charge in [-0.3, -0.25) is 4.40 Å². The van der Waals surface area contributed by atoms with E-state index in [0.29, 0.717) is 0 Å². The van der Waals surface area contributed by atoms with E-state index in [2.05, 4.69) is 28.7 Å². The molecule has 0 aliphatic heterocycles. The van der Waals surface area contributed by atoms with Crippen molar-refractivity contribution >= 4 is 24.5 Å². The van der Waals surface area contributed by atoms with Crippen LogP contribution in [-0.4, -0.2) is 20.1 Å². The number of thiol groups is 1. The fraction of sp³-hybridized carbons (Fsp3) is 0.200. The van der Waals surface area contributed by atoms with Crippen molar-refractivity contribution in [2.24, 2.45) is 0 Å². The molecule has 0 aliphatic rings. The lowest BCUT2D eigenvalue weighted by Crippen LogP contribution is -1.87. The van der Waals surface area contributed by atoms with Gasteiger partial charge in [-0.05, 0) is 24.3 Å². The van der Waals surface area contributed by atoms with E-state index in [9.17, 15) is 0 Å². The molecular weight excluding hydrogens is 194 g/mol. The second-order valence-corrected chi connectivity index (χ2v) is 3.33. The molecule has 0 spiro atoms. The van der Waals surface area contributed by atoms with E-state index in [-0.39, 0.29) is 0 Å². The van der Waals surface area contributed by atoms with Gasteiger partial charge in [-0.25, -0.2) is 9.97 Å². The Morgan fingerprint density at radius 1 is 1.43 bits per heavy atom. The Kier molecular flexibility index (Phi) is 2.84. The molecule has 72 valence electrons. The van der Waals surface area contributed by atoms with Crippen LogP contribution in [0.3, 0.4) is 0 Å². The molecule has 14 heavy (non-hydrogen) atoms. The second-order valence-electron chi connectivity index (χ2n) is 2.89. The van der Waals surface area contributed by atoms with Gasteiger partial charge in [-0.2, -0.15) is 12.6 Å². The van der Waals surface area contributed by atoms with Gasteiger partial charge in [0.25, 0.3) is 0 Å². The predicted octanol–water partition coefficient (Wildman–Crippen LogP) is 2.06. The van der Waals surface area contributed by atoms with Crippen LogP contribution in [0.5, 0.6) is 0 Å². The molecule has 3 nitrogen and oxygen atoms in total. The van der Waals surface area contributed by atoms with Crippen LogP contribution in [0, 0.1) is 0 Å². The summed E-state index contributed by atoms with van der Waals surface area (Å²) in [7, 11) is 0. The Bertz CT molecular complexity index is 447. The molecular formula is C10H11N3S. The van der Waals surface area contributed by atoms with Gasteiger partial charge in [0.2, 0.25) is 5.78 Å². The molecule has 0 saturated carbocycles. The van der Waals surface area contributed by atoms with Crippen LogP contribution in [-0.2, 0) is 0 Å². The molecule has 0 aromatic carbocycles. The largest absolute Gasteiger partial charge is 0.284 e. The van der Waals surface area contributed by atoms with Crippen molar-refractivity contribution in [2.75, 3.05) is 5.75 Å². The van der Waals surface area contributed by atoms with E-state index in [1.165, 1.54) is 0 Å². The summed E-state index contributed by atoms with van der Waals surface area (Å²) in [4.78, 5) is 8.31. The van der Waals surface area contributed by atoms with Crippen LogP contribution >= 0.6 is 12.6 Å². The Morgan fingerprint density at radius 3 is 3.21 bits per heavy atom. The van der Waals surface area contributed by atoms with Crippen molar-refractivity contribution in [3.05, 3.63) is 36.4 Å². The number of hydrogen-bond acceptors (Lipinski definition) is 3. The maximum atomic E-state index is 4.18. The lowest BCUT2D eigenvalue weighted by Gasteiger charge is -1.93. The van der Waals surface area contributed by atoms with Crippen LogP contribution in [0.4, 0.5) is 0 Å². The molecule has 4 heteroatoms. The fourth-order valence-corrected chi connectivity index (χ4v) is 1.40. The van der Waals surface area contributed by atoms with Crippen LogP contribution < -0.4 is 0 Å². The molecule has 0 amide bonds. The molecule has 2 aromatic heterocycles. The zero-order chi connectivity index (χ0) is 9.80. The number of hydrogen-bond donors (Lipinski definition) is 1. The predicted molar refractivity (Wildman–Crippen MR) is 60.5 cm³/mol. The SMILES string of the molecule is SCCC=Cc1cnc2ncccn12.